The van der Waals surface area contributed by atoms with Crippen molar-refractivity contribution in [2.24, 2.45) is 0 Å². The highest BCUT2D eigenvalue weighted by Gasteiger charge is 2.29. The molecule has 0 saturated heterocycles. The molecule has 1 heterocycles. The van der Waals surface area contributed by atoms with Gasteiger partial charge in [-0.3, -0.25) is 4.79 Å². The molecular weight excluding hydrogens is 415 g/mol. The summed E-state index contributed by atoms with van der Waals surface area (Å²) >= 11 is 0. The van der Waals surface area contributed by atoms with Crippen LogP contribution >= 0.6 is 0 Å². The average molecular weight is 435 g/mol. The first kappa shape index (κ1) is 21.4. The van der Waals surface area contributed by atoms with E-state index in [1.165, 1.54) is 12.1 Å². The second-order valence-corrected chi connectivity index (χ2v) is 7.34. The molecular formula is C25H20F3N3O. The first-order valence-electron chi connectivity index (χ1n) is 10.1. The molecule has 3 aromatic carbocycles. The Bertz CT molecular complexity index is 1220. The molecule has 0 fully saturated rings. The average Bonchev–Trinajstić information content (AvgIpc) is 2.78. The Kier molecular flexibility index (Phi) is 6.07. The molecule has 0 bridgehead atoms. The van der Waals surface area contributed by atoms with Crippen molar-refractivity contribution in [2.75, 3.05) is 10.6 Å². The van der Waals surface area contributed by atoms with Gasteiger partial charge in [-0.2, -0.15) is 13.2 Å². The van der Waals surface area contributed by atoms with Crippen LogP contribution in [-0.2, 0) is 17.4 Å². The summed E-state index contributed by atoms with van der Waals surface area (Å²) < 4.78 is 37.9. The topological polar surface area (TPSA) is 54.0 Å². The van der Waals surface area contributed by atoms with Crippen LogP contribution in [0.3, 0.4) is 0 Å². The van der Waals surface area contributed by atoms with E-state index in [4.69, 9.17) is 0 Å². The fraction of sp³-hybridized carbons (Fsp3) is 0.120. The number of aromatic nitrogens is 1. The molecule has 162 valence electrons. The van der Waals surface area contributed by atoms with Crippen molar-refractivity contribution in [1.29, 1.82) is 0 Å². The van der Waals surface area contributed by atoms with E-state index in [9.17, 15) is 18.0 Å². The number of carbonyl (C=O) groups is 1. The van der Waals surface area contributed by atoms with Crippen LogP contribution in [-0.4, -0.2) is 10.9 Å². The second kappa shape index (κ2) is 9.09. The van der Waals surface area contributed by atoms with E-state index < -0.39 is 11.7 Å². The molecule has 0 unspecified atom stereocenters. The fourth-order valence-electron chi connectivity index (χ4n) is 3.28. The van der Waals surface area contributed by atoms with Crippen molar-refractivity contribution in [1.82, 2.24) is 4.98 Å². The molecule has 0 spiro atoms. The molecule has 1 aromatic heterocycles. The molecule has 0 radical (unpaired) electrons. The number of hydrogen-bond donors (Lipinski definition) is 2. The van der Waals surface area contributed by atoms with Crippen molar-refractivity contribution in [3.63, 3.8) is 0 Å². The minimum Gasteiger partial charge on any atom is -0.340 e. The van der Waals surface area contributed by atoms with E-state index >= 15 is 0 Å². The van der Waals surface area contributed by atoms with Gasteiger partial charge in [-0.15, -0.1) is 0 Å². The highest BCUT2D eigenvalue weighted by atomic mass is 19.4. The van der Waals surface area contributed by atoms with Gasteiger partial charge in [-0.1, -0.05) is 30.3 Å². The predicted octanol–water partition coefficient (Wildman–Crippen LogP) is 6.57. The quantitative estimate of drug-likeness (QED) is 0.360. The molecule has 0 atom stereocenters. The Morgan fingerprint density at radius 3 is 2.31 bits per heavy atom. The molecule has 4 rings (SSSR count). The van der Waals surface area contributed by atoms with Crippen LogP contribution < -0.4 is 10.6 Å². The van der Waals surface area contributed by atoms with Crippen LogP contribution in [0.15, 0.2) is 84.9 Å². The third-order valence-corrected chi connectivity index (χ3v) is 4.94. The zero-order valence-corrected chi connectivity index (χ0v) is 17.0. The summed E-state index contributed by atoms with van der Waals surface area (Å²) in [6, 6.07) is 23.8. The number of amides is 1. The van der Waals surface area contributed by atoms with E-state index in [-0.39, 0.29) is 12.3 Å². The smallest absolute Gasteiger partial charge is 0.340 e. The van der Waals surface area contributed by atoms with Gasteiger partial charge in [0.15, 0.2) is 0 Å². The lowest BCUT2D eigenvalue weighted by atomic mass is 10.1. The first-order chi connectivity index (χ1) is 15.4. The third-order valence-electron chi connectivity index (χ3n) is 4.94. The number of fused-ring (bicyclic) bond motifs is 1. The normalized spacial score (nSPS) is 11.3. The highest BCUT2D eigenvalue weighted by molar-refractivity contribution is 5.94. The minimum atomic E-state index is -4.36. The Labute approximate surface area is 183 Å². The number of alkyl halides is 3. The first-order valence-corrected chi connectivity index (χ1v) is 10.1. The summed E-state index contributed by atoms with van der Waals surface area (Å²) in [7, 11) is 0. The van der Waals surface area contributed by atoms with E-state index in [0.29, 0.717) is 17.7 Å². The number of para-hydroxylation sites is 1. The second-order valence-electron chi connectivity index (χ2n) is 7.34. The lowest BCUT2D eigenvalue weighted by Gasteiger charge is -2.09. The number of hydrogen-bond acceptors (Lipinski definition) is 3. The number of anilines is 3. The molecule has 0 saturated carbocycles. The number of rotatable bonds is 6. The van der Waals surface area contributed by atoms with Crippen molar-refractivity contribution in [2.45, 2.75) is 19.0 Å². The summed E-state index contributed by atoms with van der Waals surface area (Å²) in [6.07, 6.45) is -3.84. The van der Waals surface area contributed by atoms with Gasteiger partial charge in [0.25, 0.3) is 0 Å². The van der Waals surface area contributed by atoms with Gasteiger partial charge < -0.3 is 10.6 Å². The van der Waals surface area contributed by atoms with E-state index in [0.717, 1.165) is 34.5 Å². The number of pyridine rings is 1. The van der Waals surface area contributed by atoms with E-state index in [2.05, 4.69) is 15.6 Å². The van der Waals surface area contributed by atoms with Crippen LogP contribution in [0.1, 0.15) is 17.5 Å². The maximum atomic E-state index is 12.6. The molecule has 4 aromatic rings. The highest BCUT2D eigenvalue weighted by Crippen LogP contribution is 2.29. The lowest BCUT2D eigenvalue weighted by molar-refractivity contribution is -0.137. The Morgan fingerprint density at radius 1 is 0.844 bits per heavy atom. The molecule has 1 amide bonds. The van der Waals surface area contributed by atoms with Crippen LogP contribution in [0.2, 0.25) is 0 Å². The molecule has 0 aliphatic carbocycles. The van der Waals surface area contributed by atoms with Crippen molar-refractivity contribution in [3.05, 3.63) is 96.1 Å². The van der Waals surface area contributed by atoms with Crippen LogP contribution in [0.4, 0.5) is 30.4 Å². The SMILES string of the molecule is O=C(CCc1ccc(C(F)(F)F)cc1)Nc1ccc2nc(Nc3ccccc3)ccc2c1. The molecule has 0 aliphatic heterocycles. The van der Waals surface area contributed by atoms with Crippen molar-refractivity contribution < 1.29 is 18.0 Å². The number of nitrogens with one attached hydrogen (secondary N) is 2. The van der Waals surface area contributed by atoms with Gasteiger partial charge in [0, 0.05) is 23.2 Å². The van der Waals surface area contributed by atoms with Gasteiger partial charge >= 0.3 is 6.18 Å². The van der Waals surface area contributed by atoms with Gasteiger partial charge in [-0.05, 0) is 66.6 Å². The lowest BCUT2D eigenvalue weighted by Crippen LogP contribution is -2.12. The number of halogens is 3. The third kappa shape index (κ3) is 5.43. The molecule has 0 aliphatic rings. The van der Waals surface area contributed by atoms with Gasteiger partial charge in [0.1, 0.15) is 5.82 Å². The fourth-order valence-corrected chi connectivity index (χ4v) is 3.28. The molecule has 4 nitrogen and oxygen atoms in total. The van der Waals surface area contributed by atoms with Crippen molar-refractivity contribution >= 4 is 34.0 Å². The monoisotopic (exact) mass is 435 g/mol. The number of benzene rings is 3. The summed E-state index contributed by atoms with van der Waals surface area (Å²) in [5, 5.41) is 6.95. The van der Waals surface area contributed by atoms with Crippen LogP contribution in [0.5, 0.6) is 0 Å². The summed E-state index contributed by atoms with van der Waals surface area (Å²) in [4.78, 5) is 16.9. The van der Waals surface area contributed by atoms with Gasteiger partial charge in [0.05, 0.1) is 11.1 Å². The number of nitrogens with zero attached hydrogens (tertiary/aromatic N) is 1. The van der Waals surface area contributed by atoms with E-state index in [1.807, 2.05) is 54.6 Å². The van der Waals surface area contributed by atoms with Gasteiger partial charge in [0.2, 0.25) is 5.91 Å². The maximum absolute atomic E-state index is 12.6. The molecule has 2 N–H and O–H groups in total. The molecule has 32 heavy (non-hydrogen) atoms. The predicted molar refractivity (Wildman–Crippen MR) is 120 cm³/mol. The maximum Gasteiger partial charge on any atom is 0.416 e. The molecule has 7 heteroatoms. The minimum absolute atomic E-state index is 0.168. The summed E-state index contributed by atoms with van der Waals surface area (Å²) in [5.74, 6) is 0.511. The number of carbonyl (C=O) groups excluding carboxylic acids is 1. The largest absolute Gasteiger partial charge is 0.416 e. The number of aryl methyl sites for hydroxylation is 1. The Balaban J connectivity index is 1.36. The van der Waals surface area contributed by atoms with E-state index in [1.54, 1.807) is 6.07 Å². The standard InChI is InChI=1S/C25H20F3N3O/c26-25(27,28)19-10-6-17(7-11-19)8-15-24(32)30-21-12-13-22-18(16-21)9-14-23(31-22)29-20-4-2-1-3-5-20/h1-7,9-14,16H,8,15H2,(H,29,31)(H,30,32). The van der Waals surface area contributed by atoms with Crippen LogP contribution in [0.25, 0.3) is 10.9 Å². The van der Waals surface area contributed by atoms with Crippen LogP contribution in [0, 0.1) is 0 Å². The van der Waals surface area contributed by atoms with Crippen molar-refractivity contribution in [3.8, 4) is 0 Å². The summed E-state index contributed by atoms with van der Waals surface area (Å²) in [5.41, 5.74) is 2.34. The Morgan fingerprint density at radius 2 is 1.59 bits per heavy atom. The zero-order valence-electron chi connectivity index (χ0n) is 17.0. The van der Waals surface area contributed by atoms with Gasteiger partial charge in [-0.25, -0.2) is 4.98 Å². The summed E-state index contributed by atoms with van der Waals surface area (Å²) in [6.45, 7) is 0. The zero-order chi connectivity index (χ0) is 22.6. The Hall–Kier alpha value is -3.87.